The molecule has 0 amide bonds. The summed E-state index contributed by atoms with van der Waals surface area (Å²) in [7, 11) is -2.16. The van der Waals surface area contributed by atoms with E-state index in [1.165, 1.54) is 35.7 Å². The lowest BCUT2D eigenvalue weighted by Crippen LogP contribution is -2.41. The van der Waals surface area contributed by atoms with Gasteiger partial charge in [0.1, 0.15) is 11.3 Å². The molecule has 2 aromatic carbocycles. The van der Waals surface area contributed by atoms with Gasteiger partial charge in [-0.15, -0.1) is 0 Å². The van der Waals surface area contributed by atoms with Gasteiger partial charge in [-0.05, 0) is 55.2 Å². The molecule has 1 aromatic heterocycles. The Morgan fingerprint density at radius 1 is 1.14 bits per heavy atom. The first-order valence-electron chi connectivity index (χ1n) is 11.3. The summed E-state index contributed by atoms with van der Waals surface area (Å²) in [6, 6.07) is 10.7. The Morgan fingerprint density at radius 3 is 2.46 bits per heavy atom. The number of sulfonamides is 1. The minimum absolute atomic E-state index is 0.106. The molecule has 1 aliphatic rings. The van der Waals surface area contributed by atoms with Crippen molar-refractivity contribution in [1.29, 1.82) is 0 Å². The number of carbonyl (C=O) groups excluding carboxylic acids is 1. The number of halogens is 1. The van der Waals surface area contributed by atoms with Crippen LogP contribution in [0, 0.1) is 5.92 Å². The average Bonchev–Trinajstić information content (AvgIpc) is 2.85. The van der Waals surface area contributed by atoms with Crippen molar-refractivity contribution in [2.75, 3.05) is 20.2 Å². The number of piperidine rings is 1. The van der Waals surface area contributed by atoms with Crippen molar-refractivity contribution < 1.29 is 27.1 Å². The van der Waals surface area contributed by atoms with Crippen molar-refractivity contribution in [2.24, 2.45) is 5.92 Å². The molecule has 0 radical (unpaired) electrons. The van der Waals surface area contributed by atoms with Crippen LogP contribution < -0.4 is 15.1 Å². The summed E-state index contributed by atoms with van der Waals surface area (Å²) >= 11 is 6.38. The van der Waals surface area contributed by atoms with Crippen LogP contribution in [0.25, 0.3) is 11.0 Å². The third-order valence-corrected chi connectivity index (χ3v) is 8.31. The first-order valence-corrected chi connectivity index (χ1v) is 13.2. The zero-order valence-electron chi connectivity index (χ0n) is 19.5. The van der Waals surface area contributed by atoms with E-state index in [1.807, 2.05) is 6.92 Å². The predicted octanol–water partition coefficient (Wildman–Crippen LogP) is 4.41. The Labute approximate surface area is 208 Å². The first kappa shape index (κ1) is 25.2. The van der Waals surface area contributed by atoms with Crippen LogP contribution in [0.4, 0.5) is 0 Å². The van der Waals surface area contributed by atoms with E-state index in [4.69, 9.17) is 25.5 Å². The second-order valence-electron chi connectivity index (χ2n) is 8.39. The highest BCUT2D eigenvalue weighted by Crippen LogP contribution is 2.33. The standard InChI is InChI=1S/C25H26ClNO7S/c1-3-4-17-13-24(28)33-22-15-23(21(26)14-20(17)22)34-25(29)16-9-11-27(12-10-16)35(30,31)19-7-5-18(32-2)6-8-19/h5-8,13-16H,3-4,9-12H2,1-2H3. The van der Waals surface area contributed by atoms with E-state index < -0.39 is 27.5 Å². The van der Waals surface area contributed by atoms with Gasteiger partial charge in [0.15, 0.2) is 5.75 Å². The van der Waals surface area contributed by atoms with Crippen LogP contribution in [0.3, 0.4) is 0 Å². The van der Waals surface area contributed by atoms with Gasteiger partial charge in [0, 0.05) is 30.6 Å². The summed E-state index contributed by atoms with van der Waals surface area (Å²) in [4.78, 5) is 24.9. The summed E-state index contributed by atoms with van der Waals surface area (Å²) in [5, 5.41) is 0.935. The number of aryl methyl sites for hydroxylation is 1. The van der Waals surface area contributed by atoms with Crippen molar-refractivity contribution >= 4 is 38.6 Å². The fourth-order valence-electron chi connectivity index (χ4n) is 4.20. The minimum atomic E-state index is -3.68. The number of ether oxygens (including phenoxy) is 2. The molecular formula is C25H26ClNO7S. The Bertz CT molecular complexity index is 1390. The highest BCUT2D eigenvalue weighted by Gasteiger charge is 2.33. The Balaban J connectivity index is 1.45. The van der Waals surface area contributed by atoms with Gasteiger partial charge in [0.2, 0.25) is 10.0 Å². The molecule has 0 saturated carbocycles. The van der Waals surface area contributed by atoms with E-state index >= 15 is 0 Å². The lowest BCUT2D eigenvalue weighted by Gasteiger charge is -2.30. The molecule has 0 aliphatic carbocycles. The second kappa shape index (κ2) is 10.4. The molecule has 0 unspecified atom stereocenters. The van der Waals surface area contributed by atoms with Gasteiger partial charge >= 0.3 is 11.6 Å². The second-order valence-corrected chi connectivity index (χ2v) is 10.7. The summed E-state index contributed by atoms with van der Waals surface area (Å²) < 4.78 is 43.2. The summed E-state index contributed by atoms with van der Waals surface area (Å²) in [6.45, 7) is 2.38. The molecule has 186 valence electrons. The normalized spacial score (nSPS) is 15.3. The molecular weight excluding hydrogens is 494 g/mol. The van der Waals surface area contributed by atoms with Gasteiger partial charge in [0.25, 0.3) is 0 Å². The maximum absolute atomic E-state index is 12.9. The number of nitrogens with zero attached hydrogens (tertiary/aromatic N) is 1. The molecule has 8 nitrogen and oxygen atoms in total. The van der Waals surface area contributed by atoms with Crippen LogP contribution in [0.5, 0.6) is 11.5 Å². The van der Waals surface area contributed by atoms with E-state index in [0.717, 1.165) is 12.0 Å². The van der Waals surface area contributed by atoms with Gasteiger partial charge < -0.3 is 13.9 Å². The number of fused-ring (bicyclic) bond motifs is 1. The molecule has 35 heavy (non-hydrogen) atoms. The fraction of sp³-hybridized carbons (Fsp3) is 0.360. The molecule has 3 aromatic rings. The average molecular weight is 520 g/mol. The number of esters is 1. The zero-order chi connectivity index (χ0) is 25.2. The Morgan fingerprint density at radius 2 is 1.83 bits per heavy atom. The van der Waals surface area contributed by atoms with Crippen molar-refractivity contribution in [3.05, 3.63) is 63.5 Å². The van der Waals surface area contributed by atoms with E-state index in [1.54, 1.807) is 18.2 Å². The van der Waals surface area contributed by atoms with Crippen molar-refractivity contribution in [3.63, 3.8) is 0 Å². The highest BCUT2D eigenvalue weighted by atomic mass is 35.5. The lowest BCUT2D eigenvalue weighted by atomic mass is 9.98. The molecule has 2 heterocycles. The molecule has 1 saturated heterocycles. The number of rotatable bonds is 7. The van der Waals surface area contributed by atoms with Gasteiger partial charge in [-0.25, -0.2) is 13.2 Å². The number of carbonyl (C=O) groups is 1. The predicted molar refractivity (Wildman–Crippen MR) is 132 cm³/mol. The lowest BCUT2D eigenvalue weighted by molar-refractivity contribution is -0.140. The van der Waals surface area contributed by atoms with E-state index in [9.17, 15) is 18.0 Å². The van der Waals surface area contributed by atoms with E-state index in [0.29, 0.717) is 36.0 Å². The molecule has 10 heteroatoms. The largest absolute Gasteiger partial charge is 0.497 e. The molecule has 1 aliphatic heterocycles. The maximum atomic E-state index is 12.9. The number of benzene rings is 2. The molecule has 0 atom stereocenters. The third-order valence-electron chi connectivity index (χ3n) is 6.10. The minimum Gasteiger partial charge on any atom is -0.497 e. The Hall–Kier alpha value is -2.88. The van der Waals surface area contributed by atoms with Crippen LogP contribution in [0.1, 0.15) is 31.7 Å². The Kier molecular flexibility index (Phi) is 7.49. The first-order chi connectivity index (χ1) is 16.7. The highest BCUT2D eigenvalue weighted by molar-refractivity contribution is 7.89. The monoisotopic (exact) mass is 519 g/mol. The van der Waals surface area contributed by atoms with Gasteiger partial charge in [-0.3, -0.25) is 4.79 Å². The fourth-order valence-corrected chi connectivity index (χ4v) is 5.87. The van der Waals surface area contributed by atoms with Crippen LogP contribution in [0.15, 0.2) is 56.6 Å². The van der Waals surface area contributed by atoms with Gasteiger partial charge in [0.05, 0.1) is 22.9 Å². The number of hydrogen-bond acceptors (Lipinski definition) is 7. The van der Waals surface area contributed by atoms with Crippen LogP contribution in [0.2, 0.25) is 5.02 Å². The van der Waals surface area contributed by atoms with Crippen molar-refractivity contribution in [3.8, 4) is 11.5 Å². The summed E-state index contributed by atoms with van der Waals surface area (Å²) in [5.74, 6) is -0.310. The SMILES string of the molecule is CCCc1cc(=O)oc2cc(OC(=O)C3CCN(S(=O)(=O)c4ccc(OC)cc4)CC3)c(Cl)cc12. The maximum Gasteiger partial charge on any atom is 0.336 e. The summed E-state index contributed by atoms with van der Waals surface area (Å²) in [5.41, 5.74) is 0.642. The molecule has 0 N–H and O–H groups in total. The summed E-state index contributed by atoms with van der Waals surface area (Å²) in [6.07, 6.45) is 2.17. The number of methoxy groups -OCH3 is 1. The topological polar surface area (TPSA) is 103 Å². The van der Waals surface area contributed by atoms with Gasteiger partial charge in [-0.1, -0.05) is 24.9 Å². The molecule has 4 rings (SSSR count). The van der Waals surface area contributed by atoms with Crippen molar-refractivity contribution in [2.45, 2.75) is 37.5 Å². The molecule has 0 spiro atoms. The van der Waals surface area contributed by atoms with Crippen LogP contribution in [-0.2, 0) is 21.2 Å². The molecule has 1 fully saturated rings. The quantitative estimate of drug-likeness (QED) is 0.258. The molecule has 0 bridgehead atoms. The van der Waals surface area contributed by atoms with Crippen LogP contribution in [-0.4, -0.2) is 38.9 Å². The van der Waals surface area contributed by atoms with Crippen LogP contribution >= 0.6 is 11.6 Å². The smallest absolute Gasteiger partial charge is 0.336 e. The van der Waals surface area contributed by atoms with Gasteiger partial charge in [-0.2, -0.15) is 4.31 Å². The zero-order valence-corrected chi connectivity index (χ0v) is 21.0. The van der Waals surface area contributed by atoms with E-state index in [2.05, 4.69) is 0 Å². The third kappa shape index (κ3) is 5.37. The van der Waals surface area contributed by atoms with E-state index in [-0.39, 0.29) is 28.8 Å². The van der Waals surface area contributed by atoms with Crippen molar-refractivity contribution in [1.82, 2.24) is 4.31 Å². The number of hydrogen-bond donors (Lipinski definition) is 0.